The van der Waals surface area contributed by atoms with Crippen molar-refractivity contribution in [2.24, 2.45) is 5.41 Å². The molecule has 10 nitrogen and oxygen atoms in total. The average molecular weight is 506 g/mol. The van der Waals surface area contributed by atoms with Crippen molar-refractivity contribution in [1.29, 1.82) is 0 Å². The number of rotatable bonds is 3. The standard InChI is InChI=1S/C27H35N7O3/c1-21-28-10-15-33(21)18-22-5-4-6-23(17-22)25(35)32-13-8-27(9-14-32)7-2-3-12-34-19-24(30-31-34)20-37-16-11-29-26(27)36/h4-6,10,15,17,19H,2-3,7-9,11-14,16,18,20H2,1H3,(H,29,36). The molecule has 0 atom stereocenters. The van der Waals surface area contributed by atoms with E-state index in [-0.39, 0.29) is 11.8 Å². The first-order valence-corrected chi connectivity index (χ1v) is 13.1. The summed E-state index contributed by atoms with van der Waals surface area (Å²) in [6, 6.07) is 7.81. The molecule has 1 saturated heterocycles. The van der Waals surface area contributed by atoms with E-state index in [2.05, 4.69) is 25.2 Å². The minimum Gasteiger partial charge on any atom is -0.373 e. The lowest BCUT2D eigenvalue weighted by Crippen LogP contribution is -2.50. The van der Waals surface area contributed by atoms with Crippen molar-refractivity contribution in [3.63, 3.8) is 0 Å². The first-order valence-electron chi connectivity index (χ1n) is 13.1. The quantitative estimate of drug-likeness (QED) is 0.586. The van der Waals surface area contributed by atoms with Crippen LogP contribution in [0, 0.1) is 12.3 Å². The van der Waals surface area contributed by atoms with Gasteiger partial charge in [-0.25, -0.2) is 4.98 Å². The minimum absolute atomic E-state index is 0.0238. The van der Waals surface area contributed by atoms with Gasteiger partial charge in [-0.15, -0.1) is 5.10 Å². The molecule has 0 saturated carbocycles. The van der Waals surface area contributed by atoms with Crippen LogP contribution in [0.3, 0.4) is 0 Å². The third-order valence-electron chi connectivity index (χ3n) is 7.60. The number of fused-ring (bicyclic) bond motifs is 2. The van der Waals surface area contributed by atoms with E-state index < -0.39 is 5.41 Å². The van der Waals surface area contributed by atoms with E-state index >= 15 is 0 Å². The third kappa shape index (κ3) is 5.90. The topological polar surface area (TPSA) is 107 Å². The molecule has 1 fully saturated rings. The Bertz CT molecular complexity index is 1230. The second kappa shape index (κ2) is 11.2. The molecule has 37 heavy (non-hydrogen) atoms. The number of aromatic nitrogens is 5. The van der Waals surface area contributed by atoms with Crippen LogP contribution < -0.4 is 5.32 Å². The molecule has 3 aromatic rings. The molecule has 196 valence electrons. The number of piperidine rings is 1. The lowest BCUT2D eigenvalue weighted by molar-refractivity contribution is -0.134. The molecule has 2 aromatic heterocycles. The molecule has 2 aliphatic rings. The zero-order chi connectivity index (χ0) is 25.7. The highest BCUT2D eigenvalue weighted by atomic mass is 16.5. The highest BCUT2D eigenvalue weighted by Gasteiger charge is 2.41. The number of nitrogens with one attached hydrogen (secondary N) is 1. The Hall–Kier alpha value is -3.53. The van der Waals surface area contributed by atoms with Gasteiger partial charge in [-0.3, -0.25) is 14.3 Å². The number of imidazole rings is 1. The summed E-state index contributed by atoms with van der Waals surface area (Å²) in [5.41, 5.74) is 2.09. The number of aryl methyl sites for hydroxylation is 2. The Morgan fingerprint density at radius 1 is 1.16 bits per heavy atom. The maximum atomic E-state index is 13.4. The van der Waals surface area contributed by atoms with E-state index in [1.54, 1.807) is 6.20 Å². The molecule has 0 aliphatic carbocycles. The molecular weight excluding hydrogens is 470 g/mol. The number of likely N-dealkylation sites (tertiary alicyclic amines) is 1. The van der Waals surface area contributed by atoms with Crippen LogP contribution in [-0.4, -0.2) is 67.5 Å². The number of nitrogens with zero attached hydrogens (tertiary/aromatic N) is 6. The smallest absolute Gasteiger partial charge is 0.253 e. The molecular formula is C27H35N7O3. The molecule has 1 spiro atoms. The fourth-order valence-electron chi connectivity index (χ4n) is 5.33. The summed E-state index contributed by atoms with van der Waals surface area (Å²) in [4.78, 5) is 32.9. The van der Waals surface area contributed by atoms with Crippen LogP contribution in [0.5, 0.6) is 0 Å². The van der Waals surface area contributed by atoms with Crippen molar-refractivity contribution in [3.8, 4) is 0 Å². The summed E-state index contributed by atoms with van der Waals surface area (Å²) < 4.78 is 9.57. The zero-order valence-corrected chi connectivity index (χ0v) is 21.4. The van der Waals surface area contributed by atoms with Crippen LogP contribution in [0.4, 0.5) is 0 Å². The lowest BCUT2D eigenvalue weighted by atomic mass is 9.73. The van der Waals surface area contributed by atoms with Gasteiger partial charge < -0.3 is 19.5 Å². The van der Waals surface area contributed by atoms with Crippen LogP contribution in [0.15, 0.2) is 42.9 Å². The molecule has 10 heteroatoms. The second-order valence-electron chi connectivity index (χ2n) is 10.1. The van der Waals surface area contributed by atoms with Crippen LogP contribution in [0.1, 0.15) is 59.5 Å². The van der Waals surface area contributed by atoms with Gasteiger partial charge in [0.05, 0.1) is 24.8 Å². The summed E-state index contributed by atoms with van der Waals surface area (Å²) in [5.74, 6) is 1.04. The van der Waals surface area contributed by atoms with E-state index in [4.69, 9.17) is 4.74 Å². The van der Waals surface area contributed by atoms with Crippen LogP contribution >= 0.6 is 0 Å². The summed E-state index contributed by atoms with van der Waals surface area (Å²) >= 11 is 0. The predicted octanol–water partition coefficient (Wildman–Crippen LogP) is 2.57. The van der Waals surface area contributed by atoms with Crippen molar-refractivity contribution in [2.75, 3.05) is 26.2 Å². The van der Waals surface area contributed by atoms with E-state index in [0.29, 0.717) is 57.8 Å². The van der Waals surface area contributed by atoms with Crippen LogP contribution in [0.25, 0.3) is 0 Å². The molecule has 0 radical (unpaired) electrons. The number of hydrogen-bond acceptors (Lipinski definition) is 6. The summed E-state index contributed by atoms with van der Waals surface area (Å²) in [7, 11) is 0. The van der Waals surface area contributed by atoms with Gasteiger partial charge in [0.1, 0.15) is 11.5 Å². The molecule has 1 N–H and O–H groups in total. The Morgan fingerprint density at radius 2 is 2.03 bits per heavy atom. The second-order valence-corrected chi connectivity index (χ2v) is 10.1. The Balaban J connectivity index is 1.22. The first kappa shape index (κ1) is 25.1. The summed E-state index contributed by atoms with van der Waals surface area (Å²) in [5, 5.41) is 11.4. The predicted molar refractivity (Wildman–Crippen MR) is 137 cm³/mol. The molecule has 1 aromatic carbocycles. The monoisotopic (exact) mass is 505 g/mol. The molecule has 2 aliphatic heterocycles. The van der Waals surface area contributed by atoms with Crippen molar-refractivity contribution in [3.05, 3.63) is 65.5 Å². The van der Waals surface area contributed by atoms with Gasteiger partial charge in [-0.2, -0.15) is 0 Å². The van der Waals surface area contributed by atoms with Gasteiger partial charge in [0, 0.05) is 50.7 Å². The van der Waals surface area contributed by atoms with Gasteiger partial charge >= 0.3 is 0 Å². The SMILES string of the molecule is Cc1nccn1Cc1cccc(C(=O)N2CCC3(CCCCn4cc(nn4)COCCNC3=O)CC2)c1. The molecule has 0 unspecified atom stereocenters. The molecule has 5 rings (SSSR count). The number of amides is 2. The van der Waals surface area contributed by atoms with Crippen molar-refractivity contribution in [1.82, 2.24) is 34.8 Å². The van der Waals surface area contributed by atoms with Crippen LogP contribution in [0.2, 0.25) is 0 Å². The number of hydrogen-bond donors (Lipinski definition) is 1. The van der Waals surface area contributed by atoms with Gasteiger partial charge in [0.15, 0.2) is 0 Å². The Morgan fingerprint density at radius 3 is 2.84 bits per heavy atom. The molecule has 2 bridgehead atoms. The van der Waals surface area contributed by atoms with Crippen molar-refractivity contribution >= 4 is 11.8 Å². The van der Waals surface area contributed by atoms with Gasteiger partial charge in [0.2, 0.25) is 5.91 Å². The van der Waals surface area contributed by atoms with E-state index in [9.17, 15) is 9.59 Å². The van der Waals surface area contributed by atoms with Crippen LogP contribution in [-0.2, 0) is 29.2 Å². The lowest BCUT2D eigenvalue weighted by Gasteiger charge is -2.41. The maximum absolute atomic E-state index is 13.4. The van der Waals surface area contributed by atoms with Crippen molar-refractivity contribution in [2.45, 2.75) is 58.7 Å². The zero-order valence-electron chi connectivity index (χ0n) is 21.4. The largest absolute Gasteiger partial charge is 0.373 e. The Kier molecular flexibility index (Phi) is 7.64. The highest BCUT2D eigenvalue weighted by molar-refractivity contribution is 5.94. The molecule has 4 heterocycles. The maximum Gasteiger partial charge on any atom is 0.253 e. The number of benzene rings is 1. The van der Waals surface area contributed by atoms with E-state index in [1.807, 2.05) is 53.2 Å². The average Bonchev–Trinajstić information content (AvgIpc) is 3.54. The number of ether oxygens (including phenoxy) is 1. The molecule has 2 amide bonds. The number of carbonyl (C=O) groups excluding carboxylic acids is 2. The third-order valence-corrected chi connectivity index (χ3v) is 7.60. The van der Waals surface area contributed by atoms with E-state index in [0.717, 1.165) is 42.9 Å². The minimum atomic E-state index is -0.463. The van der Waals surface area contributed by atoms with Gasteiger partial charge in [-0.05, 0) is 50.3 Å². The fourth-order valence-corrected chi connectivity index (χ4v) is 5.33. The van der Waals surface area contributed by atoms with E-state index in [1.165, 1.54) is 0 Å². The van der Waals surface area contributed by atoms with Gasteiger partial charge in [-0.1, -0.05) is 23.8 Å². The fraction of sp³-hybridized carbons (Fsp3) is 0.519. The highest BCUT2D eigenvalue weighted by Crippen LogP contribution is 2.37. The summed E-state index contributed by atoms with van der Waals surface area (Å²) in [6.07, 6.45) is 9.61. The van der Waals surface area contributed by atoms with Crippen molar-refractivity contribution < 1.29 is 14.3 Å². The summed E-state index contributed by atoms with van der Waals surface area (Å²) in [6.45, 7) is 5.83. The van der Waals surface area contributed by atoms with Gasteiger partial charge in [0.25, 0.3) is 5.91 Å². The number of carbonyl (C=O) groups is 2. The normalized spacial score (nSPS) is 18.8. The Labute approximate surface area is 217 Å². The first-order chi connectivity index (χ1) is 18.0.